The number of rotatable bonds is 9. The van der Waals surface area contributed by atoms with Crippen LogP contribution in [0.3, 0.4) is 0 Å². The van der Waals surface area contributed by atoms with E-state index in [0.717, 1.165) is 0 Å². The van der Waals surface area contributed by atoms with E-state index in [1.807, 2.05) is 40.8 Å². The van der Waals surface area contributed by atoms with Crippen LogP contribution in [-0.4, -0.2) is 55.5 Å². The van der Waals surface area contributed by atoms with Crippen molar-refractivity contribution in [1.29, 1.82) is 0 Å². The quantitative estimate of drug-likeness (QED) is 0.0905. The summed E-state index contributed by atoms with van der Waals surface area (Å²) in [5, 5.41) is 2.76. The molecule has 1 heterocycles. The third-order valence-electron chi connectivity index (χ3n) is 5.32. The first kappa shape index (κ1) is 23.9. The molecule has 1 N–H and O–H groups in total. The zero-order chi connectivity index (χ0) is 21.9. The highest BCUT2D eigenvalue weighted by molar-refractivity contribution is 6.62. The standard InChI is InChI=1S/C19H31N3O5Si/c1-9-10-26-17(25)14(22-20)15(23)11(2)13-12(16(24)21-13)19(6,18(3,4)5)27-28(7)8/h9,11-13,28H,1,10H2,2-8H3,(H,21,24)/t11-,12-,13-,19-/m1/s1. The lowest BCUT2D eigenvalue weighted by Gasteiger charge is -2.55. The summed E-state index contributed by atoms with van der Waals surface area (Å²) in [5.74, 6) is -3.32. The monoisotopic (exact) mass is 409 g/mol. The molecule has 9 heteroatoms. The van der Waals surface area contributed by atoms with E-state index in [4.69, 9.17) is 14.7 Å². The molecule has 0 unspecified atom stereocenters. The average molecular weight is 410 g/mol. The molecule has 0 aromatic heterocycles. The summed E-state index contributed by atoms with van der Waals surface area (Å²) >= 11 is 0. The van der Waals surface area contributed by atoms with Gasteiger partial charge in [0.15, 0.2) is 9.04 Å². The molecule has 0 radical (unpaired) electrons. The molecule has 0 aromatic carbocycles. The minimum Gasteiger partial charge on any atom is -0.453 e. The van der Waals surface area contributed by atoms with Gasteiger partial charge in [0.05, 0.1) is 17.6 Å². The Labute approximate surface area is 168 Å². The van der Waals surface area contributed by atoms with Crippen LogP contribution in [0.15, 0.2) is 12.7 Å². The first-order valence-electron chi connectivity index (χ1n) is 9.34. The molecule has 1 amide bonds. The Morgan fingerprint density at radius 2 is 1.93 bits per heavy atom. The SMILES string of the molecule is C=CCOC(=O)C(=[N+]=[N-])C(=O)[C@H](C)[C@H]1NC(=O)[C@@H]1[C@@](C)(O[SiH](C)C)C(C)(C)C. The first-order valence-corrected chi connectivity index (χ1v) is 12.1. The Kier molecular flexibility index (Phi) is 7.64. The lowest BCUT2D eigenvalue weighted by Crippen LogP contribution is -2.73. The van der Waals surface area contributed by atoms with Crippen LogP contribution < -0.4 is 5.32 Å². The number of amides is 1. The van der Waals surface area contributed by atoms with E-state index in [2.05, 4.69) is 16.7 Å². The van der Waals surface area contributed by atoms with Gasteiger partial charge in [-0.15, -0.1) is 0 Å². The number of Topliss-reactive ketones (excluding diaryl/α,β-unsaturated/α-hetero) is 1. The fourth-order valence-corrected chi connectivity index (χ4v) is 4.87. The van der Waals surface area contributed by atoms with E-state index in [1.54, 1.807) is 6.92 Å². The van der Waals surface area contributed by atoms with Crippen LogP contribution in [0.1, 0.15) is 34.6 Å². The molecule has 0 aromatic rings. The van der Waals surface area contributed by atoms with Gasteiger partial charge in [-0.25, -0.2) is 4.79 Å². The van der Waals surface area contributed by atoms with Crippen molar-refractivity contribution in [3.05, 3.63) is 18.2 Å². The third kappa shape index (κ3) is 4.66. The van der Waals surface area contributed by atoms with Gasteiger partial charge in [0, 0.05) is 5.92 Å². The van der Waals surface area contributed by atoms with Gasteiger partial charge in [0.25, 0.3) is 5.78 Å². The highest BCUT2D eigenvalue weighted by Crippen LogP contribution is 2.46. The molecule has 0 spiro atoms. The Morgan fingerprint density at radius 1 is 1.36 bits per heavy atom. The number of β-lactam (4-membered cyclic amide) rings is 1. The minimum absolute atomic E-state index is 0.114. The second-order valence-corrected chi connectivity index (χ2v) is 10.9. The molecule has 156 valence electrons. The number of nitrogens with one attached hydrogen (secondary N) is 1. The predicted octanol–water partition coefficient (Wildman–Crippen LogP) is 1.51. The van der Waals surface area contributed by atoms with Crippen molar-refractivity contribution in [2.45, 2.75) is 59.4 Å². The van der Waals surface area contributed by atoms with Crippen molar-refractivity contribution in [2.24, 2.45) is 17.3 Å². The minimum atomic E-state index is -1.51. The zero-order valence-corrected chi connectivity index (χ0v) is 18.9. The molecule has 1 fully saturated rings. The lowest BCUT2D eigenvalue weighted by molar-refractivity contribution is -0.163. The average Bonchev–Trinajstić information content (AvgIpc) is 2.55. The highest BCUT2D eigenvalue weighted by Gasteiger charge is 2.60. The molecule has 1 rings (SSSR count). The number of hydrogen-bond acceptors (Lipinski definition) is 5. The maximum absolute atomic E-state index is 12.8. The van der Waals surface area contributed by atoms with Gasteiger partial charge in [-0.2, -0.15) is 4.79 Å². The second-order valence-electron chi connectivity index (χ2n) is 8.52. The fraction of sp³-hybridized carbons (Fsp3) is 0.684. The van der Waals surface area contributed by atoms with Crippen LogP contribution in [0.4, 0.5) is 0 Å². The van der Waals surface area contributed by atoms with Gasteiger partial charge in [-0.05, 0) is 25.4 Å². The second kappa shape index (κ2) is 8.94. The van der Waals surface area contributed by atoms with E-state index >= 15 is 0 Å². The fourth-order valence-electron chi connectivity index (χ4n) is 3.39. The van der Waals surface area contributed by atoms with Gasteiger partial charge < -0.3 is 20.0 Å². The Balaban J connectivity index is 3.16. The molecule has 4 atom stereocenters. The molecule has 1 saturated heterocycles. The van der Waals surface area contributed by atoms with Crippen molar-refractivity contribution in [3.63, 3.8) is 0 Å². The van der Waals surface area contributed by atoms with Gasteiger partial charge in [0.2, 0.25) is 5.91 Å². The lowest BCUT2D eigenvalue weighted by atomic mass is 9.62. The zero-order valence-electron chi connectivity index (χ0n) is 17.7. The van der Waals surface area contributed by atoms with Crippen LogP contribution in [0, 0.1) is 17.3 Å². The summed E-state index contributed by atoms with van der Waals surface area (Å²) in [5.41, 5.74) is 7.28. The van der Waals surface area contributed by atoms with Crippen LogP contribution in [0.2, 0.25) is 13.1 Å². The largest absolute Gasteiger partial charge is 0.453 e. The van der Waals surface area contributed by atoms with E-state index in [1.165, 1.54) is 6.08 Å². The summed E-state index contributed by atoms with van der Waals surface area (Å²) < 4.78 is 11.1. The number of hydrogen-bond donors (Lipinski definition) is 1. The van der Waals surface area contributed by atoms with Crippen LogP contribution in [0.25, 0.3) is 5.53 Å². The Morgan fingerprint density at radius 3 is 2.32 bits per heavy atom. The normalized spacial score (nSPS) is 22.2. The molecule has 0 bridgehead atoms. The summed E-state index contributed by atoms with van der Waals surface area (Å²) in [7, 11) is -1.51. The number of esters is 1. The molecular weight excluding hydrogens is 378 g/mol. The predicted molar refractivity (Wildman–Crippen MR) is 107 cm³/mol. The summed E-state index contributed by atoms with van der Waals surface area (Å²) in [6, 6.07) is -0.555. The van der Waals surface area contributed by atoms with Gasteiger partial charge >= 0.3 is 11.7 Å². The van der Waals surface area contributed by atoms with Crippen molar-refractivity contribution >= 4 is 32.4 Å². The van der Waals surface area contributed by atoms with Crippen molar-refractivity contribution in [3.8, 4) is 0 Å². The van der Waals surface area contributed by atoms with Gasteiger partial charge in [-0.3, -0.25) is 9.59 Å². The molecule has 1 aliphatic rings. The third-order valence-corrected chi connectivity index (χ3v) is 6.29. The van der Waals surface area contributed by atoms with Crippen LogP contribution in [-0.2, 0) is 23.5 Å². The number of carbonyl (C=O) groups is 3. The molecule has 8 nitrogen and oxygen atoms in total. The van der Waals surface area contributed by atoms with Gasteiger partial charge in [0.1, 0.15) is 6.61 Å². The van der Waals surface area contributed by atoms with Gasteiger partial charge in [-0.1, -0.05) is 40.3 Å². The highest BCUT2D eigenvalue weighted by atomic mass is 28.3. The summed E-state index contributed by atoms with van der Waals surface area (Å²) in [4.78, 5) is 40.0. The van der Waals surface area contributed by atoms with E-state index < -0.39 is 50.0 Å². The smallest absolute Gasteiger partial charge is 0.441 e. The summed E-state index contributed by atoms with van der Waals surface area (Å²) in [6.07, 6.45) is 1.34. The van der Waals surface area contributed by atoms with Crippen molar-refractivity contribution in [1.82, 2.24) is 5.32 Å². The molecule has 1 aliphatic heterocycles. The number of carbonyl (C=O) groups excluding carboxylic acids is 3. The maximum atomic E-state index is 12.8. The number of nitrogens with zero attached hydrogens (tertiary/aromatic N) is 2. The molecule has 28 heavy (non-hydrogen) atoms. The molecular formula is C19H31N3O5Si. The Bertz CT molecular complexity index is 709. The number of ketones is 1. The molecule has 0 saturated carbocycles. The van der Waals surface area contributed by atoms with Crippen LogP contribution >= 0.6 is 0 Å². The van der Waals surface area contributed by atoms with Crippen molar-refractivity contribution in [2.75, 3.05) is 6.61 Å². The van der Waals surface area contributed by atoms with E-state index in [-0.39, 0.29) is 17.9 Å². The van der Waals surface area contributed by atoms with Crippen LogP contribution in [0.5, 0.6) is 0 Å². The summed E-state index contributed by atoms with van der Waals surface area (Å²) in [6.45, 7) is 16.8. The van der Waals surface area contributed by atoms with E-state index in [0.29, 0.717) is 0 Å². The van der Waals surface area contributed by atoms with Crippen molar-refractivity contribution < 1.29 is 28.3 Å². The first-order chi connectivity index (χ1) is 12.8. The van der Waals surface area contributed by atoms with E-state index in [9.17, 15) is 14.4 Å². The Hall–Kier alpha value is -2.09. The molecule has 0 aliphatic carbocycles. The topological polar surface area (TPSA) is 118 Å². The number of ether oxygens (including phenoxy) is 1. The maximum Gasteiger partial charge on any atom is 0.441 e.